The monoisotopic (exact) mass is 284 g/mol. The summed E-state index contributed by atoms with van der Waals surface area (Å²) in [5.41, 5.74) is 0.998. The summed E-state index contributed by atoms with van der Waals surface area (Å²) in [6.45, 7) is 4.75. The van der Waals surface area contributed by atoms with Gasteiger partial charge < -0.3 is 5.32 Å². The molecule has 1 heterocycles. The summed E-state index contributed by atoms with van der Waals surface area (Å²) >= 11 is 0. The SMILES string of the molecule is CC[C@H](NC(=O)/C=C/c1ccccc1)c1ncnn1CC. The Labute approximate surface area is 124 Å². The molecule has 0 saturated heterocycles. The van der Waals surface area contributed by atoms with Gasteiger partial charge in [-0.05, 0) is 25.0 Å². The van der Waals surface area contributed by atoms with Crippen molar-refractivity contribution in [3.05, 3.63) is 54.1 Å². The van der Waals surface area contributed by atoms with E-state index in [1.165, 1.54) is 6.33 Å². The van der Waals surface area contributed by atoms with Crippen molar-refractivity contribution >= 4 is 12.0 Å². The van der Waals surface area contributed by atoms with E-state index in [0.29, 0.717) is 0 Å². The van der Waals surface area contributed by atoms with E-state index < -0.39 is 0 Å². The average molecular weight is 284 g/mol. The fourth-order valence-corrected chi connectivity index (χ4v) is 2.09. The van der Waals surface area contributed by atoms with Crippen molar-refractivity contribution in [1.82, 2.24) is 20.1 Å². The number of nitrogens with zero attached hydrogens (tertiary/aromatic N) is 3. The first-order valence-electron chi connectivity index (χ1n) is 7.16. The van der Waals surface area contributed by atoms with Gasteiger partial charge in [0, 0.05) is 12.6 Å². The van der Waals surface area contributed by atoms with Crippen LogP contribution >= 0.6 is 0 Å². The Morgan fingerprint density at radius 3 is 2.76 bits per heavy atom. The van der Waals surface area contributed by atoms with Crippen molar-refractivity contribution < 1.29 is 4.79 Å². The third-order valence-electron chi connectivity index (χ3n) is 3.21. The second kappa shape index (κ2) is 7.38. The quantitative estimate of drug-likeness (QED) is 0.829. The highest BCUT2D eigenvalue weighted by Crippen LogP contribution is 2.13. The minimum atomic E-state index is -0.128. The minimum absolute atomic E-state index is 0.125. The van der Waals surface area contributed by atoms with Crippen molar-refractivity contribution in [3.63, 3.8) is 0 Å². The highest BCUT2D eigenvalue weighted by molar-refractivity contribution is 5.91. The second-order valence-electron chi connectivity index (χ2n) is 4.65. The molecule has 1 aromatic heterocycles. The number of rotatable bonds is 6. The van der Waals surface area contributed by atoms with Crippen molar-refractivity contribution in [2.24, 2.45) is 0 Å². The number of aryl methyl sites for hydroxylation is 1. The largest absolute Gasteiger partial charge is 0.343 e. The van der Waals surface area contributed by atoms with Crippen LogP contribution in [0.25, 0.3) is 6.08 Å². The van der Waals surface area contributed by atoms with Crippen LogP contribution in [0.3, 0.4) is 0 Å². The summed E-state index contributed by atoms with van der Waals surface area (Å²) in [7, 11) is 0. The van der Waals surface area contributed by atoms with Crippen LogP contribution in [0.5, 0.6) is 0 Å². The molecule has 1 aromatic carbocycles. The van der Waals surface area contributed by atoms with Crippen molar-refractivity contribution in [2.45, 2.75) is 32.9 Å². The van der Waals surface area contributed by atoms with Crippen molar-refractivity contribution in [2.75, 3.05) is 0 Å². The fraction of sp³-hybridized carbons (Fsp3) is 0.312. The molecule has 0 aliphatic carbocycles. The zero-order valence-electron chi connectivity index (χ0n) is 12.4. The first kappa shape index (κ1) is 15.0. The van der Waals surface area contributed by atoms with Crippen LogP contribution in [0.15, 0.2) is 42.7 Å². The van der Waals surface area contributed by atoms with E-state index in [9.17, 15) is 4.79 Å². The Morgan fingerprint density at radius 2 is 2.10 bits per heavy atom. The van der Waals surface area contributed by atoms with Gasteiger partial charge in [0.15, 0.2) is 0 Å². The smallest absolute Gasteiger partial charge is 0.244 e. The molecule has 5 nitrogen and oxygen atoms in total. The highest BCUT2D eigenvalue weighted by atomic mass is 16.1. The first-order chi connectivity index (χ1) is 10.2. The Balaban J connectivity index is 2.02. The van der Waals surface area contributed by atoms with Crippen molar-refractivity contribution in [3.8, 4) is 0 Å². The lowest BCUT2D eigenvalue weighted by Gasteiger charge is -2.15. The molecule has 0 bridgehead atoms. The lowest BCUT2D eigenvalue weighted by Crippen LogP contribution is -2.28. The molecule has 2 aromatic rings. The molecule has 0 aliphatic rings. The standard InChI is InChI=1S/C16H20N4O/c1-3-14(16-17-12-18-20(16)4-2)19-15(21)11-10-13-8-6-5-7-9-13/h5-12,14H,3-4H2,1-2H3,(H,19,21)/b11-10+/t14-/m0/s1. The normalized spacial score (nSPS) is 12.5. The fourth-order valence-electron chi connectivity index (χ4n) is 2.09. The maximum Gasteiger partial charge on any atom is 0.244 e. The maximum atomic E-state index is 12.0. The number of hydrogen-bond acceptors (Lipinski definition) is 3. The molecular formula is C16H20N4O. The van der Waals surface area contributed by atoms with Gasteiger partial charge >= 0.3 is 0 Å². The van der Waals surface area contributed by atoms with Crippen LogP contribution < -0.4 is 5.32 Å². The van der Waals surface area contributed by atoms with E-state index in [1.807, 2.05) is 44.2 Å². The number of nitrogens with one attached hydrogen (secondary N) is 1. The Hall–Kier alpha value is -2.43. The van der Waals surface area contributed by atoms with Gasteiger partial charge in [-0.2, -0.15) is 5.10 Å². The zero-order chi connectivity index (χ0) is 15.1. The Bertz CT molecular complexity index is 604. The molecule has 0 spiro atoms. The molecule has 110 valence electrons. The number of benzene rings is 1. The Morgan fingerprint density at radius 1 is 1.33 bits per heavy atom. The van der Waals surface area contributed by atoms with Crippen molar-refractivity contribution in [1.29, 1.82) is 0 Å². The number of hydrogen-bond donors (Lipinski definition) is 1. The molecule has 0 saturated carbocycles. The van der Waals surface area contributed by atoms with Crippen LogP contribution in [0, 0.1) is 0 Å². The molecule has 0 aliphatic heterocycles. The molecule has 21 heavy (non-hydrogen) atoms. The van der Waals surface area contributed by atoms with E-state index in [-0.39, 0.29) is 11.9 Å². The Kier molecular flexibility index (Phi) is 5.26. The number of aromatic nitrogens is 3. The van der Waals surface area contributed by atoms with Crippen LogP contribution in [0.2, 0.25) is 0 Å². The van der Waals surface area contributed by atoms with Gasteiger partial charge in [-0.1, -0.05) is 37.3 Å². The molecule has 2 rings (SSSR count). The molecule has 1 N–H and O–H groups in total. The highest BCUT2D eigenvalue weighted by Gasteiger charge is 2.16. The van der Waals surface area contributed by atoms with Gasteiger partial charge in [-0.15, -0.1) is 0 Å². The van der Waals surface area contributed by atoms with Crippen LogP contribution in [0.4, 0.5) is 0 Å². The van der Waals surface area contributed by atoms with Gasteiger partial charge in [0.1, 0.15) is 12.2 Å². The number of carbonyl (C=O) groups excluding carboxylic acids is 1. The third kappa shape index (κ3) is 4.02. The predicted octanol–water partition coefficient (Wildman–Crippen LogP) is 2.58. The average Bonchev–Trinajstić information content (AvgIpc) is 3.00. The predicted molar refractivity (Wildman–Crippen MR) is 82.3 cm³/mol. The molecule has 1 atom stereocenters. The third-order valence-corrected chi connectivity index (χ3v) is 3.21. The lowest BCUT2D eigenvalue weighted by atomic mass is 10.2. The molecule has 0 radical (unpaired) electrons. The second-order valence-corrected chi connectivity index (χ2v) is 4.65. The molecule has 1 amide bonds. The summed E-state index contributed by atoms with van der Waals surface area (Å²) in [5, 5.41) is 7.11. The first-order valence-corrected chi connectivity index (χ1v) is 7.16. The van der Waals surface area contributed by atoms with E-state index in [1.54, 1.807) is 16.8 Å². The summed E-state index contributed by atoms with van der Waals surface area (Å²) in [6, 6.07) is 9.61. The molecular weight excluding hydrogens is 264 g/mol. The number of amides is 1. The minimum Gasteiger partial charge on any atom is -0.343 e. The van der Waals surface area contributed by atoms with Gasteiger partial charge in [-0.3, -0.25) is 4.79 Å². The summed E-state index contributed by atoms with van der Waals surface area (Å²) in [6.07, 6.45) is 5.63. The maximum absolute atomic E-state index is 12.0. The van der Waals surface area contributed by atoms with E-state index in [2.05, 4.69) is 15.4 Å². The molecule has 5 heteroatoms. The van der Waals surface area contributed by atoms with Gasteiger partial charge in [-0.25, -0.2) is 9.67 Å². The summed E-state index contributed by atoms with van der Waals surface area (Å²) in [4.78, 5) is 16.3. The lowest BCUT2D eigenvalue weighted by molar-refractivity contribution is -0.117. The molecule has 0 fully saturated rings. The van der Waals surface area contributed by atoms with E-state index in [0.717, 1.165) is 24.4 Å². The van der Waals surface area contributed by atoms with Gasteiger partial charge in [0.05, 0.1) is 6.04 Å². The van der Waals surface area contributed by atoms with Crippen LogP contribution in [-0.2, 0) is 11.3 Å². The zero-order valence-corrected chi connectivity index (χ0v) is 12.4. The van der Waals surface area contributed by atoms with Gasteiger partial charge in [0.2, 0.25) is 5.91 Å². The van der Waals surface area contributed by atoms with Gasteiger partial charge in [0.25, 0.3) is 0 Å². The number of carbonyl (C=O) groups is 1. The molecule has 0 unspecified atom stereocenters. The summed E-state index contributed by atoms with van der Waals surface area (Å²) in [5.74, 6) is 0.665. The van der Waals surface area contributed by atoms with Crippen LogP contribution in [-0.4, -0.2) is 20.7 Å². The summed E-state index contributed by atoms with van der Waals surface area (Å²) < 4.78 is 1.80. The van der Waals surface area contributed by atoms with Crippen LogP contribution in [0.1, 0.15) is 37.7 Å². The van der Waals surface area contributed by atoms with E-state index in [4.69, 9.17) is 0 Å². The topological polar surface area (TPSA) is 59.8 Å². The van der Waals surface area contributed by atoms with E-state index >= 15 is 0 Å².